The molecule has 0 amide bonds. The van der Waals surface area contributed by atoms with E-state index in [1.807, 2.05) is 4.90 Å². The fourth-order valence-corrected chi connectivity index (χ4v) is 3.64. The van der Waals surface area contributed by atoms with Crippen LogP contribution in [0.1, 0.15) is 0 Å². The van der Waals surface area contributed by atoms with E-state index in [9.17, 15) is 17.2 Å². The molecule has 1 saturated heterocycles. The number of halogens is 2. The molecular formula is C13H15F2N3O2S. The van der Waals surface area contributed by atoms with E-state index in [1.54, 1.807) is 0 Å². The normalized spacial score (nSPS) is 17.6. The van der Waals surface area contributed by atoms with Gasteiger partial charge in [0.2, 0.25) is 10.0 Å². The van der Waals surface area contributed by atoms with Gasteiger partial charge >= 0.3 is 0 Å². The number of nitrogens with two attached hydrogens (primary N) is 1. The lowest BCUT2D eigenvalue weighted by atomic mass is 10.3. The Morgan fingerprint density at radius 3 is 2.38 bits per heavy atom. The van der Waals surface area contributed by atoms with Crippen molar-refractivity contribution in [3.05, 3.63) is 23.8 Å². The number of hydrogen-bond donors (Lipinski definition) is 1. The van der Waals surface area contributed by atoms with Crippen LogP contribution in [0.25, 0.3) is 0 Å². The number of rotatable bonds is 3. The Hall–Kier alpha value is -1.69. The van der Waals surface area contributed by atoms with Crippen molar-refractivity contribution >= 4 is 15.7 Å². The van der Waals surface area contributed by atoms with Crippen molar-refractivity contribution in [1.82, 2.24) is 9.21 Å². The number of hydrogen-bond acceptors (Lipinski definition) is 4. The van der Waals surface area contributed by atoms with E-state index in [-0.39, 0.29) is 13.1 Å². The highest BCUT2D eigenvalue weighted by molar-refractivity contribution is 7.89. The molecule has 0 radical (unpaired) electrons. The molecular weight excluding hydrogens is 300 g/mol. The van der Waals surface area contributed by atoms with E-state index < -0.39 is 32.2 Å². The molecule has 2 rings (SSSR count). The Morgan fingerprint density at radius 1 is 1.19 bits per heavy atom. The molecule has 1 aliphatic heterocycles. The molecule has 1 aromatic rings. The maximum Gasteiger partial charge on any atom is 0.246 e. The molecule has 0 spiro atoms. The molecule has 1 aliphatic rings. The summed E-state index contributed by atoms with van der Waals surface area (Å²) in [6.45, 7) is 1.75. The van der Waals surface area contributed by atoms with Gasteiger partial charge in [0.15, 0.2) is 0 Å². The first-order chi connectivity index (χ1) is 9.86. The lowest BCUT2D eigenvalue weighted by Crippen LogP contribution is -2.48. The maximum absolute atomic E-state index is 13.7. The lowest BCUT2D eigenvalue weighted by molar-refractivity contribution is 0.206. The van der Waals surface area contributed by atoms with Gasteiger partial charge in [-0.3, -0.25) is 4.90 Å². The molecule has 2 N–H and O–H groups in total. The quantitative estimate of drug-likeness (QED) is 0.651. The van der Waals surface area contributed by atoms with Gasteiger partial charge in [-0.1, -0.05) is 5.92 Å². The van der Waals surface area contributed by atoms with Gasteiger partial charge < -0.3 is 5.73 Å². The van der Waals surface area contributed by atoms with E-state index >= 15 is 0 Å². The fourth-order valence-electron chi connectivity index (χ4n) is 2.14. The molecule has 1 heterocycles. The smallest absolute Gasteiger partial charge is 0.246 e. The van der Waals surface area contributed by atoms with Crippen molar-refractivity contribution in [3.63, 3.8) is 0 Å². The van der Waals surface area contributed by atoms with Gasteiger partial charge in [-0.2, -0.15) is 4.31 Å². The topological polar surface area (TPSA) is 66.6 Å². The molecule has 0 saturated carbocycles. The Balaban J connectivity index is 2.24. The zero-order valence-electron chi connectivity index (χ0n) is 11.2. The van der Waals surface area contributed by atoms with E-state index in [0.29, 0.717) is 25.7 Å². The molecule has 114 valence electrons. The van der Waals surface area contributed by atoms with Gasteiger partial charge in [-0.05, 0) is 6.07 Å². The summed E-state index contributed by atoms with van der Waals surface area (Å²) in [5.74, 6) is 0.358. The van der Waals surface area contributed by atoms with Crippen LogP contribution in [0.3, 0.4) is 0 Å². The van der Waals surface area contributed by atoms with Crippen LogP contribution in [0.4, 0.5) is 14.5 Å². The zero-order chi connectivity index (χ0) is 15.6. The Bertz CT molecular complexity index is 677. The van der Waals surface area contributed by atoms with Crippen LogP contribution >= 0.6 is 0 Å². The van der Waals surface area contributed by atoms with Crippen LogP contribution in [0.5, 0.6) is 0 Å². The van der Waals surface area contributed by atoms with Crippen LogP contribution in [0.15, 0.2) is 17.0 Å². The van der Waals surface area contributed by atoms with Gasteiger partial charge in [0.25, 0.3) is 0 Å². The van der Waals surface area contributed by atoms with E-state index in [2.05, 4.69) is 5.92 Å². The lowest BCUT2D eigenvalue weighted by Gasteiger charge is -2.32. The molecule has 0 aliphatic carbocycles. The van der Waals surface area contributed by atoms with Crippen molar-refractivity contribution in [2.75, 3.05) is 38.5 Å². The number of benzene rings is 1. The highest BCUT2D eigenvalue weighted by Crippen LogP contribution is 2.24. The Kier molecular flexibility index (Phi) is 4.46. The molecule has 8 heteroatoms. The monoisotopic (exact) mass is 315 g/mol. The van der Waals surface area contributed by atoms with Gasteiger partial charge in [-0.25, -0.2) is 17.2 Å². The Morgan fingerprint density at radius 2 is 1.81 bits per heavy atom. The number of nitrogens with zero attached hydrogens (tertiary/aromatic N) is 2. The minimum Gasteiger partial charge on any atom is -0.396 e. The van der Waals surface area contributed by atoms with Gasteiger partial charge in [-0.15, -0.1) is 6.42 Å². The molecule has 1 fully saturated rings. The second-order valence-electron chi connectivity index (χ2n) is 4.69. The summed E-state index contributed by atoms with van der Waals surface area (Å²) < 4.78 is 52.8. The van der Waals surface area contributed by atoms with Crippen LogP contribution in [-0.4, -0.2) is 50.3 Å². The zero-order valence-corrected chi connectivity index (χ0v) is 12.0. The minimum absolute atomic E-state index is 0.195. The largest absolute Gasteiger partial charge is 0.396 e. The second-order valence-corrected chi connectivity index (χ2v) is 6.59. The average Bonchev–Trinajstić information content (AvgIpc) is 2.43. The first kappa shape index (κ1) is 15.7. The van der Waals surface area contributed by atoms with Crippen molar-refractivity contribution < 1.29 is 17.2 Å². The highest BCUT2D eigenvalue weighted by atomic mass is 32.2. The molecule has 5 nitrogen and oxygen atoms in total. The van der Waals surface area contributed by atoms with Crippen molar-refractivity contribution in [3.8, 4) is 12.3 Å². The number of nitrogen functional groups attached to an aromatic ring is 1. The SMILES string of the molecule is C#CCN1CCN(S(=O)(=O)c2cc(N)c(F)cc2F)CC1. The van der Waals surface area contributed by atoms with E-state index in [4.69, 9.17) is 12.2 Å². The van der Waals surface area contributed by atoms with E-state index in [0.717, 1.165) is 10.4 Å². The van der Waals surface area contributed by atoms with Gasteiger partial charge in [0, 0.05) is 32.2 Å². The number of piperazine rings is 1. The summed E-state index contributed by atoms with van der Waals surface area (Å²) in [5.41, 5.74) is 4.92. The van der Waals surface area contributed by atoms with Gasteiger partial charge in [0.1, 0.15) is 16.5 Å². The summed E-state index contributed by atoms with van der Waals surface area (Å²) in [7, 11) is -4.04. The molecule has 21 heavy (non-hydrogen) atoms. The van der Waals surface area contributed by atoms with Crippen molar-refractivity contribution in [2.45, 2.75) is 4.90 Å². The van der Waals surface area contributed by atoms with Crippen LogP contribution in [0, 0.1) is 24.0 Å². The predicted molar refractivity (Wildman–Crippen MR) is 74.8 cm³/mol. The predicted octanol–water partition coefficient (Wildman–Crippen LogP) is 0.487. The summed E-state index contributed by atoms with van der Waals surface area (Å²) in [5, 5.41) is 0. The molecule has 0 aromatic heterocycles. The third kappa shape index (κ3) is 3.15. The van der Waals surface area contributed by atoms with Crippen molar-refractivity contribution in [1.29, 1.82) is 0 Å². The first-order valence-corrected chi connectivity index (χ1v) is 7.70. The summed E-state index contributed by atoms with van der Waals surface area (Å²) in [6, 6.07) is 1.30. The standard InChI is InChI=1S/C13H15F2N3O2S/c1-2-3-17-4-6-18(7-5-17)21(19,20)13-9-12(16)10(14)8-11(13)15/h1,8-9H,3-7,16H2. The van der Waals surface area contributed by atoms with Gasteiger partial charge in [0.05, 0.1) is 12.2 Å². The van der Waals surface area contributed by atoms with Crippen molar-refractivity contribution in [2.24, 2.45) is 0 Å². The molecule has 0 bridgehead atoms. The third-order valence-electron chi connectivity index (χ3n) is 3.32. The molecule has 0 unspecified atom stereocenters. The second kappa shape index (κ2) is 5.97. The third-order valence-corrected chi connectivity index (χ3v) is 5.23. The highest BCUT2D eigenvalue weighted by Gasteiger charge is 2.31. The number of anilines is 1. The van der Waals surface area contributed by atoms with Crippen LogP contribution in [0.2, 0.25) is 0 Å². The minimum atomic E-state index is -4.04. The molecule has 0 atom stereocenters. The summed E-state index contributed by atoms with van der Waals surface area (Å²) in [6.07, 6.45) is 5.20. The Labute approximate surface area is 122 Å². The average molecular weight is 315 g/mol. The van der Waals surface area contributed by atoms with Crippen LogP contribution in [-0.2, 0) is 10.0 Å². The number of terminal acetylenes is 1. The number of sulfonamides is 1. The summed E-state index contributed by atoms with van der Waals surface area (Å²) in [4.78, 5) is 1.31. The van der Waals surface area contributed by atoms with Crippen LogP contribution < -0.4 is 5.73 Å². The fraction of sp³-hybridized carbons (Fsp3) is 0.385. The molecule has 1 aromatic carbocycles. The summed E-state index contributed by atoms with van der Waals surface area (Å²) >= 11 is 0. The maximum atomic E-state index is 13.7. The first-order valence-electron chi connectivity index (χ1n) is 6.26. The van der Waals surface area contributed by atoms with E-state index in [1.165, 1.54) is 0 Å².